The van der Waals surface area contributed by atoms with Gasteiger partial charge in [0.15, 0.2) is 11.5 Å². The zero-order valence-electron chi connectivity index (χ0n) is 15.3. The second kappa shape index (κ2) is 13.1. The molecule has 2 aromatic rings. The van der Waals surface area contributed by atoms with Crippen LogP contribution in [0.3, 0.4) is 0 Å². The number of benzene rings is 2. The number of hydrogen-bond acceptors (Lipinski definition) is 4. The lowest BCUT2D eigenvalue weighted by molar-refractivity contribution is 0.282. The first-order valence-corrected chi connectivity index (χ1v) is 9.45. The Bertz CT molecular complexity index is 698. The van der Waals surface area contributed by atoms with Crippen LogP contribution in [0.2, 0.25) is 10.0 Å². The zero-order chi connectivity index (χ0) is 18.8. The van der Waals surface area contributed by atoms with E-state index in [0.29, 0.717) is 34.7 Å². The Hall–Kier alpha value is -1.17. The standard InChI is InChI=1S/C20H25Cl2NO3.ClH/c1-25-19-12-15(13-23-9-5-2-6-10-24)11-18(22)20(19)26-14-16-7-3-4-8-17(16)21;/h3-4,7-8,11-12,23-24H,2,5-6,9-10,13-14H2,1H3;1H. The van der Waals surface area contributed by atoms with E-state index in [1.165, 1.54) is 0 Å². The molecule has 2 N–H and O–H groups in total. The maximum absolute atomic E-state index is 8.78. The molecule has 4 nitrogen and oxygen atoms in total. The molecule has 0 amide bonds. The molecule has 150 valence electrons. The van der Waals surface area contributed by atoms with Crippen molar-refractivity contribution >= 4 is 35.6 Å². The van der Waals surface area contributed by atoms with Gasteiger partial charge in [-0.05, 0) is 49.6 Å². The monoisotopic (exact) mass is 433 g/mol. The largest absolute Gasteiger partial charge is 0.493 e. The van der Waals surface area contributed by atoms with Crippen LogP contribution in [0.15, 0.2) is 36.4 Å². The Kier molecular flexibility index (Phi) is 11.6. The number of hydrogen-bond donors (Lipinski definition) is 2. The summed E-state index contributed by atoms with van der Waals surface area (Å²) in [4.78, 5) is 0. The highest BCUT2D eigenvalue weighted by atomic mass is 35.5. The number of methoxy groups -OCH3 is 1. The molecule has 27 heavy (non-hydrogen) atoms. The van der Waals surface area contributed by atoms with Gasteiger partial charge < -0.3 is 19.9 Å². The number of ether oxygens (including phenoxy) is 2. The predicted octanol–water partition coefficient (Wildman–Crippen LogP) is 5.26. The summed E-state index contributed by atoms with van der Waals surface area (Å²) in [6.45, 7) is 2.16. The summed E-state index contributed by atoms with van der Waals surface area (Å²) in [6.07, 6.45) is 2.89. The summed E-state index contributed by atoms with van der Waals surface area (Å²) in [6, 6.07) is 11.3. The third-order valence-corrected chi connectivity index (χ3v) is 4.61. The predicted molar refractivity (Wildman–Crippen MR) is 114 cm³/mol. The Morgan fingerprint density at radius 1 is 1.04 bits per heavy atom. The quantitative estimate of drug-likeness (QED) is 0.474. The molecule has 2 aromatic carbocycles. The number of halogens is 3. The molecule has 0 spiro atoms. The van der Waals surface area contributed by atoms with E-state index in [9.17, 15) is 0 Å². The van der Waals surface area contributed by atoms with Crippen LogP contribution in [0.25, 0.3) is 0 Å². The molecule has 2 rings (SSSR count). The highest BCUT2D eigenvalue weighted by molar-refractivity contribution is 6.32. The van der Waals surface area contributed by atoms with E-state index in [0.717, 1.165) is 36.9 Å². The normalized spacial score (nSPS) is 10.4. The summed E-state index contributed by atoms with van der Waals surface area (Å²) in [5.41, 5.74) is 1.92. The van der Waals surface area contributed by atoms with Crippen LogP contribution in [0, 0.1) is 0 Å². The number of unbranched alkanes of at least 4 members (excludes halogenated alkanes) is 2. The summed E-state index contributed by atoms with van der Waals surface area (Å²) < 4.78 is 11.3. The fourth-order valence-corrected chi connectivity index (χ4v) is 3.03. The first kappa shape index (κ1) is 23.9. The van der Waals surface area contributed by atoms with Crippen LogP contribution in [0.1, 0.15) is 30.4 Å². The molecule has 0 aliphatic rings. The van der Waals surface area contributed by atoms with E-state index < -0.39 is 0 Å². The van der Waals surface area contributed by atoms with Gasteiger partial charge in [-0.2, -0.15) is 0 Å². The Morgan fingerprint density at radius 3 is 2.52 bits per heavy atom. The molecular formula is C20H26Cl3NO3. The Labute approximate surface area is 177 Å². The van der Waals surface area contributed by atoms with Gasteiger partial charge >= 0.3 is 0 Å². The average Bonchev–Trinajstić information content (AvgIpc) is 2.64. The van der Waals surface area contributed by atoms with E-state index in [1.54, 1.807) is 7.11 Å². The number of aliphatic hydroxyl groups is 1. The summed E-state index contributed by atoms with van der Waals surface area (Å²) >= 11 is 12.6. The summed E-state index contributed by atoms with van der Waals surface area (Å²) in [7, 11) is 1.60. The van der Waals surface area contributed by atoms with Gasteiger partial charge in [0, 0.05) is 23.7 Å². The van der Waals surface area contributed by atoms with Crippen molar-refractivity contribution in [1.82, 2.24) is 5.32 Å². The maximum atomic E-state index is 8.78. The maximum Gasteiger partial charge on any atom is 0.180 e. The van der Waals surface area contributed by atoms with Crippen molar-refractivity contribution in [3.8, 4) is 11.5 Å². The summed E-state index contributed by atoms with van der Waals surface area (Å²) in [5.74, 6) is 1.11. The van der Waals surface area contributed by atoms with Crippen molar-refractivity contribution in [2.75, 3.05) is 20.3 Å². The van der Waals surface area contributed by atoms with Gasteiger partial charge in [-0.3, -0.25) is 0 Å². The Balaban J connectivity index is 0.00000364. The van der Waals surface area contributed by atoms with Gasteiger partial charge in [0.05, 0.1) is 12.1 Å². The molecule has 0 aliphatic carbocycles. The minimum Gasteiger partial charge on any atom is -0.493 e. The number of aliphatic hydroxyl groups excluding tert-OH is 1. The number of nitrogens with one attached hydrogen (secondary N) is 1. The molecule has 0 fully saturated rings. The smallest absolute Gasteiger partial charge is 0.180 e. The van der Waals surface area contributed by atoms with Gasteiger partial charge in [0.1, 0.15) is 6.61 Å². The zero-order valence-corrected chi connectivity index (χ0v) is 17.7. The lowest BCUT2D eigenvalue weighted by Crippen LogP contribution is -2.15. The Morgan fingerprint density at radius 2 is 1.81 bits per heavy atom. The van der Waals surface area contributed by atoms with Crippen molar-refractivity contribution in [2.45, 2.75) is 32.4 Å². The van der Waals surface area contributed by atoms with Gasteiger partial charge in [0.2, 0.25) is 0 Å². The van der Waals surface area contributed by atoms with Gasteiger partial charge in [-0.15, -0.1) is 12.4 Å². The molecule has 0 saturated heterocycles. The van der Waals surface area contributed by atoms with Gasteiger partial charge in [0.25, 0.3) is 0 Å². The molecule has 0 aliphatic heterocycles. The van der Waals surface area contributed by atoms with Crippen LogP contribution in [0.4, 0.5) is 0 Å². The van der Waals surface area contributed by atoms with Crippen molar-refractivity contribution in [2.24, 2.45) is 0 Å². The number of rotatable bonds is 11. The first-order chi connectivity index (χ1) is 12.7. The van der Waals surface area contributed by atoms with Crippen molar-refractivity contribution in [3.63, 3.8) is 0 Å². The lowest BCUT2D eigenvalue weighted by Gasteiger charge is -2.15. The molecule has 0 saturated carbocycles. The SMILES string of the molecule is COc1cc(CNCCCCCO)cc(Cl)c1OCc1ccccc1Cl.Cl. The van der Waals surface area contributed by atoms with Gasteiger partial charge in [-0.1, -0.05) is 41.4 Å². The topological polar surface area (TPSA) is 50.7 Å². The van der Waals surface area contributed by atoms with Crippen LogP contribution in [-0.2, 0) is 13.2 Å². The fourth-order valence-electron chi connectivity index (χ4n) is 2.55. The second-order valence-electron chi connectivity index (χ2n) is 5.95. The minimum absolute atomic E-state index is 0. The molecule has 0 unspecified atom stereocenters. The van der Waals surface area contributed by atoms with E-state index in [2.05, 4.69) is 5.32 Å². The molecule has 0 aromatic heterocycles. The van der Waals surface area contributed by atoms with Crippen molar-refractivity contribution in [3.05, 3.63) is 57.6 Å². The molecule has 0 heterocycles. The van der Waals surface area contributed by atoms with E-state index in [-0.39, 0.29) is 19.0 Å². The van der Waals surface area contributed by atoms with Crippen LogP contribution in [0.5, 0.6) is 11.5 Å². The molecule has 7 heteroatoms. The molecular weight excluding hydrogens is 409 g/mol. The highest BCUT2D eigenvalue weighted by Crippen LogP contribution is 2.37. The second-order valence-corrected chi connectivity index (χ2v) is 6.76. The van der Waals surface area contributed by atoms with Crippen LogP contribution < -0.4 is 14.8 Å². The highest BCUT2D eigenvalue weighted by Gasteiger charge is 2.13. The van der Waals surface area contributed by atoms with Crippen LogP contribution in [-0.4, -0.2) is 25.4 Å². The molecule has 0 radical (unpaired) electrons. The third-order valence-electron chi connectivity index (χ3n) is 3.96. The van der Waals surface area contributed by atoms with Crippen LogP contribution >= 0.6 is 35.6 Å². The molecule has 0 bridgehead atoms. The van der Waals surface area contributed by atoms with Crippen molar-refractivity contribution in [1.29, 1.82) is 0 Å². The fraction of sp³-hybridized carbons (Fsp3) is 0.400. The lowest BCUT2D eigenvalue weighted by atomic mass is 10.2. The third kappa shape index (κ3) is 7.76. The molecule has 0 atom stereocenters. The van der Waals surface area contributed by atoms with E-state index in [1.807, 2.05) is 36.4 Å². The summed E-state index contributed by atoms with van der Waals surface area (Å²) in [5, 5.41) is 13.3. The minimum atomic E-state index is 0. The van der Waals surface area contributed by atoms with Gasteiger partial charge in [-0.25, -0.2) is 0 Å². The van der Waals surface area contributed by atoms with E-state index in [4.69, 9.17) is 37.8 Å². The van der Waals surface area contributed by atoms with E-state index >= 15 is 0 Å². The average molecular weight is 435 g/mol. The van der Waals surface area contributed by atoms with Crippen molar-refractivity contribution < 1.29 is 14.6 Å². The first-order valence-electron chi connectivity index (χ1n) is 8.70.